The first-order valence-electron chi connectivity index (χ1n) is 6.52. The van der Waals surface area contributed by atoms with Crippen molar-refractivity contribution in [2.45, 2.75) is 18.2 Å². The lowest BCUT2D eigenvalue weighted by Crippen LogP contribution is -1.99. The SMILES string of the molecule is Cc1cccc(OCCCSc2ccc(F)cc2N)c1. The molecule has 0 saturated carbocycles. The number of aryl methyl sites for hydroxylation is 1. The highest BCUT2D eigenvalue weighted by Crippen LogP contribution is 2.26. The van der Waals surface area contributed by atoms with E-state index in [0.717, 1.165) is 22.8 Å². The summed E-state index contributed by atoms with van der Waals surface area (Å²) in [7, 11) is 0. The summed E-state index contributed by atoms with van der Waals surface area (Å²) in [5, 5.41) is 0. The van der Waals surface area contributed by atoms with Crippen molar-refractivity contribution in [3.63, 3.8) is 0 Å². The molecule has 0 radical (unpaired) electrons. The molecule has 2 nitrogen and oxygen atoms in total. The molecule has 4 heteroatoms. The molecule has 0 bridgehead atoms. The second-order valence-electron chi connectivity index (χ2n) is 4.55. The molecule has 0 aromatic heterocycles. The van der Waals surface area contributed by atoms with Gasteiger partial charge in [-0.1, -0.05) is 12.1 Å². The Morgan fingerprint density at radius 3 is 2.80 bits per heavy atom. The number of anilines is 1. The number of thioether (sulfide) groups is 1. The fourth-order valence-corrected chi connectivity index (χ4v) is 2.66. The topological polar surface area (TPSA) is 35.2 Å². The first-order chi connectivity index (χ1) is 9.65. The van der Waals surface area contributed by atoms with Crippen LogP contribution in [0.1, 0.15) is 12.0 Å². The van der Waals surface area contributed by atoms with Gasteiger partial charge < -0.3 is 10.5 Å². The maximum Gasteiger partial charge on any atom is 0.125 e. The monoisotopic (exact) mass is 291 g/mol. The van der Waals surface area contributed by atoms with E-state index in [2.05, 4.69) is 0 Å². The smallest absolute Gasteiger partial charge is 0.125 e. The summed E-state index contributed by atoms with van der Waals surface area (Å²) in [6.45, 7) is 2.71. The third-order valence-corrected chi connectivity index (χ3v) is 3.95. The van der Waals surface area contributed by atoms with Crippen LogP contribution in [-0.2, 0) is 0 Å². The molecule has 0 fully saturated rings. The van der Waals surface area contributed by atoms with E-state index in [1.807, 2.05) is 31.2 Å². The lowest BCUT2D eigenvalue weighted by Gasteiger charge is -2.08. The Kier molecular flexibility index (Phi) is 5.30. The van der Waals surface area contributed by atoms with E-state index < -0.39 is 0 Å². The van der Waals surface area contributed by atoms with Gasteiger partial charge >= 0.3 is 0 Å². The van der Waals surface area contributed by atoms with Gasteiger partial charge in [0.25, 0.3) is 0 Å². The summed E-state index contributed by atoms with van der Waals surface area (Å²) >= 11 is 1.62. The predicted octanol–water partition coefficient (Wildman–Crippen LogP) is 4.28. The number of hydrogen-bond acceptors (Lipinski definition) is 3. The number of ether oxygens (including phenoxy) is 1. The Hall–Kier alpha value is -1.68. The van der Waals surface area contributed by atoms with E-state index in [1.54, 1.807) is 17.8 Å². The normalized spacial score (nSPS) is 10.5. The van der Waals surface area contributed by atoms with Crippen molar-refractivity contribution >= 4 is 17.4 Å². The molecular weight excluding hydrogens is 273 g/mol. The second kappa shape index (κ2) is 7.20. The van der Waals surface area contributed by atoms with E-state index >= 15 is 0 Å². The average Bonchev–Trinajstić information content (AvgIpc) is 2.41. The van der Waals surface area contributed by atoms with Crippen molar-refractivity contribution in [2.75, 3.05) is 18.1 Å². The minimum atomic E-state index is -0.297. The van der Waals surface area contributed by atoms with Crippen LogP contribution in [0.5, 0.6) is 5.75 Å². The van der Waals surface area contributed by atoms with Crippen LogP contribution >= 0.6 is 11.8 Å². The van der Waals surface area contributed by atoms with Gasteiger partial charge in [0.15, 0.2) is 0 Å². The summed E-state index contributed by atoms with van der Waals surface area (Å²) in [4.78, 5) is 0.918. The molecule has 2 aromatic carbocycles. The third kappa shape index (κ3) is 4.46. The Bertz CT molecular complexity index is 574. The van der Waals surface area contributed by atoms with E-state index in [0.29, 0.717) is 12.3 Å². The standard InChI is InChI=1S/C16H18FNOS/c1-12-4-2-5-14(10-12)19-8-3-9-20-16-7-6-13(17)11-15(16)18/h2,4-7,10-11H,3,8-9,18H2,1H3. The molecule has 0 unspecified atom stereocenters. The first-order valence-corrected chi connectivity index (χ1v) is 7.51. The Labute approximate surface area is 123 Å². The molecule has 0 amide bonds. The Morgan fingerprint density at radius 1 is 1.20 bits per heavy atom. The average molecular weight is 291 g/mol. The summed E-state index contributed by atoms with van der Waals surface area (Å²) < 4.78 is 18.6. The van der Waals surface area contributed by atoms with E-state index in [4.69, 9.17) is 10.5 Å². The number of hydrogen-bond donors (Lipinski definition) is 1. The maximum absolute atomic E-state index is 12.9. The third-order valence-electron chi connectivity index (χ3n) is 2.78. The summed E-state index contributed by atoms with van der Waals surface area (Å²) in [6, 6.07) is 12.5. The highest BCUT2D eigenvalue weighted by molar-refractivity contribution is 7.99. The molecule has 0 spiro atoms. The number of benzene rings is 2. The quantitative estimate of drug-likeness (QED) is 0.490. The molecule has 0 aliphatic rings. The van der Waals surface area contributed by atoms with Gasteiger partial charge in [-0.3, -0.25) is 0 Å². The van der Waals surface area contributed by atoms with Crippen molar-refractivity contribution in [1.29, 1.82) is 0 Å². The van der Waals surface area contributed by atoms with Crippen LogP contribution in [0.2, 0.25) is 0 Å². The van der Waals surface area contributed by atoms with Crippen LogP contribution in [0.25, 0.3) is 0 Å². The highest BCUT2D eigenvalue weighted by Gasteiger charge is 2.01. The zero-order valence-electron chi connectivity index (χ0n) is 11.4. The number of nitrogens with two attached hydrogens (primary N) is 1. The van der Waals surface area contributed by atoms with Gasteiger partial charge in [-0.05, 0) is 49.2 Å². The van der Waals surface area contributed by atoms with Crippen LogP contribution in [-0.4, -0.2) is 12.4 Å². The van der Waals surface area contributed by atoms with Gasteiger partial charge in [0.1, 0.15) is 11.6 Å². The minimum absolute atomic E-state index is 0.297. The van der Waals surface area contributed by atoms with E-state index in [-0.39, 0.29) is 5.82 Å². The zero-order valence-corrected chi connectivity index (χ0v) is 12.3. The van der Waals surface area contributed by atoms with Gasteiger partial charge in [-0.2, -0.15) is 0 Å². The van der Waals surface area contributed by atoms with Crippen LogP contribution < -0.4 is 10.5 Å². The molecule has 0 atom stereocenters. The molecule has 2 aromatic rings. The fourth-order valence-electron chi connectivity index (χ4n) is 1.79. The molecule has 0 aliphatic carbocycles. The first kappa shape index (κ1) is 14.7. The fraction of sp³-hybridized carbons (Fsp3) is 0.250. The number of nitrogen functional groups attached to an aromatic ring is 1. The van der Waals surface area contributed by atoms with Crippen LogP contribution in [0.3, 0.4) is 0 Å². The van der Waals surface area contributed by atoms with Crippen molar-refractivity contribution < 1.29 is 9.13 Å². The van der Waals surface area contributed by atoms with Crippen LogP contribution in [0.15, 0.2) is 47.4 Å². The minimum Gasteiger partial charge on any atom is -0.494 e. The Balaban J connectivity index is 1.71. The highest BCUT2D eigenvalue weighted by atomic mass is 32.2. The molecule has 20 heavy (non-hydrogen) atoms. The molecule has 106 valence electrons. The molecule has 0 saturated heterocycles. The number of rotatable bonds is 6. The number of halogens is 1. The van der Waals surface area contributed by atoms with Crippen LogP contribution in [0.4, 0.5) is 10.1 Å². The van der Waals surface area contributed by atoms with Gasteiger partial charge in [0.05, 0.1) is 6.61 Å². The van der Waals surface area contributed by atoms with Crippen molar-refractivity contribution in [3.05, 3.63) is 53.8 Å². The van der Waals surface area contributed by atoms with Gasteiger partial charge in [-0.25, -0.2) is 4.39 Å². The second-order valence-corrected chi connectivity index (χ2v) is 5.69. The Morgan fingerprint density at radius 2 is 2.05 bits per heavy atom. The molecule has 2 rings (SSSR count). The van der Waals surface area contributed by atoms with Crippen molar-refractivity contribution in [1.82, 2.24) is 0 Å². The predicted molar refractivity (Wildman–Crippen MR) is 82.8 cm³/mol. The molecule has 2 N–H and O–H groups in total. The summed E-state index contributed by atoms with van der Waals surface area (Å²) in [5.74, 6) is 1.49. The molecular formula is C16H18FNOS. The van der Waals surface area contributed by atoms with Crippen molar-refractivity contribution in [3.8, 4) is 5.75 Å². The summed E-state index contributed by atoms with van der Waals surface area (Å²) in [6.07, 6.45) is 0.912. The molecule has 0 aliphatic heterocycles. The lowest BCUT2D eigenvalue weighted by atomic mass is 10.2. The van der Waals surface area contributed by atoms with Gasteiger partial charge in [0, 0.05) is 16.3 Å². The van der Waals surface area contributed by atoms with Crippen molar-refractivity contribution in [2.24, 2.45) is 0 Å². The lowest BCUT2D eigenvalue weighted by molar-refractivity contribution is 0.318. The zero-order chi connectivity index (χ0) is 14.4. The largest absolute Gasteiger partial charge is 0.494 e. The van der Waals surface area contributed by atoms with E-state index in [1.165, 1.54) is 17.7 Å². The van der Waals surface area contributed by atoms with Gasteiger partial charge in [-0.15, -0.1) is 11.8 Å². The molecule has 0 heterocycles. The van der Waals surface area contributed by atoms with Gasteiger partial charge in [0.2, 0.25) is 0 Å². The van der Waals surface area contributed by atoms with Crippen LogP contribution in [0, 0.1) is 12.7 Å². The maximum atomic E-state index is 12.9. The summed E-state index contributed by atoms with van der Waals surface area (Å²) in [5.41, 5.74) is 7.44. The van der Waals surface area contributed by atoms with E-state index in [9.17, 15) is 4.39 Å².